The van der Waals surface area contributed by atoms with Crippen LogP contribution in [0.15, 0.2) is 18.2 Å². The highest BCUT2D eigenvalue weighted by atomic mass is 15.0. The van der Waals surface area contributed by atoms with Crippen molar-refractivity contribution in [2.45, 2.75) is 32.7 Å². The van der Waals surface area contributed by atoms with E-state index < -0.39 is 0 Å². The maximum absolute atomic E-state index is 3.49. The monoisotopic (exact) mass is 204 g/mol. The van der Waals surface area contributed by atoms with Crippen molar-refractivity contribution in [2.75, 3.05) is 18.4 Å². The molecule has 2 N–H and O–H groups in total. The lowest BCUT2D eigenvalue weighted by Crippen LogP contribution is -2.23. The van der Waals surface area contributed by atoms with E-state index >= 15 is 0 Å². The summed E-state index contributed by atoms with van der Waals surface area (Å²) in [5.74, 6) is 0. The van der Waals surface area contributed by atoms with Crippen LogP contribution in [0.25, 0.3) is 0 Å². The molecule has 1 aliphatic rings. The van der Waals surface area contributed by atoms with Gasteiger partial charge in [0.05, 0.1) is 0 Å². The van der Waals surface area contributed by atoms with Crippen molar-refractivity contribution < 1.29 is 0 Å². The molecule has 1 aliphatic carbocycles. The zero-order valence-electron chi connectivity index (χ0n) is 9.64. The number of benzene rings is 1. The molecule has 0 aliphatic heterocycles. The summed E-state index contributed by atoms with van der Waals surface area (Å²) in [4.78, 5) is 0. The summed E-state index contributed by atoms with van der Waals surface area (Å²) >= 11 is 0. The normalized spacial score (nSPS) is 15.3. The summed E-state index contributed by atoms with van der Waals surface area (Å²) < 4.78 is 0. The van der Waals surface area contributed by atoms with E-state index in [1.54, 1.807) is 0 Å². The SMILES string of the molecule is Cc1ccc(NCCNC2CC2)cc1C. The van der Waals surface area contributed by atoms with Crippen molar-refractivity contribution in [1.29, 1.82) is 0 Å². The van der Waals surface area contributed by atoms with Crippen LogP contribution in [0.4, 0.5) is 5.69 Å². The summed E-state index contributed by atoms with van der Waals surface area (Å²) in [6, 6.07) is 7.35. The molecule has 0 spiro atoms. The van der Waals surface area contributed by atoms with Gasteiger partial charge in [0.15, 0.2) is 0 Å². The molecule has 1 aromatic rings. The first-order valence-corrected chi connectivity index (χ1v) is 5.80. The number of anilines is 1. The van der Waals surface area contributed by atoms with Gasteiger partial charge < -0.3 is 10.6 Å². The molecule has 0 bridgehead atoms. The molecule has 0 amide bonds. The molecule has 0 unspecified atom stereocenters. The van der Waals surface area contributed by atoms with Gasteiger partial charge in [0.25, 0.3) is 0 Å². The predicted molar refractivity (Wildman–Crippen MR) is 65.4 cm³/mol. The van der Waals surface area contributed by atoms with Crippen molar-refractivity contribution >= 4 is 5.69 Å². The molecular formula is C13H20N2. The van der Waals surface area contributed by atoms with Gasteiger partial charge in [-0.25, -0.2) is 0 Å². The molecule has 0 aromatic heterocycles. The van der Waals surface area contributed by atoms with Gasteiger partial charge in [-0.2, -0.15) is 0 Å². The first kappa shape index (κ1) is 10.5. The van der Waals surface area contributed by atoms with E-state index in [0.717, 1.165) is 19.1 Å². The van der Waals surface area contributed by atoms with Gasteiger partial charge in [0.2, 0.25) is 0 Å². The Kier molecular flexibility index (Phi) is 3.27. The summed E-state index contributed by atoms with van der Waals surface area (Å²) in [6.07, 6.45) is 2.73. The molecule has 0 saturated heterocycles. The van der Waals surface area contributed by atoms with Crippen molar-refractivity contribution in [3.05, 3.63) is 29.3 Å². The molecule has 0 atom stereocenters. The average molecular weight is 204 g/mol. The first-order valence-electron chi connectivity index (χ1n) is 5.80. The third kappa shape index (κ3) is 3.24. The van der Waals surface area contributed by atoms with E-state index in [2.05, 4.69) is 42.7 Å². The Morgan fingerprint density at radius 3 is 2.60 bits per heavy atom. The van der Waals surface area contributed by atoms with E-state index in [1.165, 1.54) is 29.7 Å². The maximum atomic E-state index is 3.49. The standard InChI is InChI=1S/C13H20N2/c1-10-3-4-13(9-11(10)2)15-8-7-14-12-5-6-12/h3-4,9,12,14-15H,5-8H2,1-2H3. The Bertz CT molecular complexity index is 329. The topological polar surface area (TPSA) is 24.1 Å². The second-order valence-electron chi connectivity index (χ2n) is 4.45. The van der Waals surface area contributed by atoms with Crippen molar-refractivity contribution in [3.8, 4) is 0 Å². The quantitative estimate of drug-likeness (QED) is 0.720. The minimum atomic E-state index is 0.812. The fraction of sp³-hybridized carbons (Fsp3) is 0.538. The Hall–Kier alpha value is -1.02. The lowest BCUT2D eigenvalue weighted by molar-refractivity contribution is 0.701. The van der Waals surface area contributed by atoms with E-state index in [-0.39, 0.29) is 0 Å². The predicted octanol–water partition coefficient (Wildman–Crippen LogP) is 2.47. The molecular weight excluding hydrogens is 184 g/mol. The first-order chi connectivity index (χ1) is 7.25. The fourth-order valence-corrected chi connectivity index (χ4v) is 1.62. The van der Waals surface area contributed by atoms with Crippen LogP contribution in [-0.4, -0.2) is 19.1 Å². The van der Waals surface area contributed by atoms with Crippen molar-refractivity contribution in [3.63, 3.8) is 0 Å². The van der Waals surface area contributed by atoms with Gasteiger partial charge in [0, 0.05) is 24.8 Å². The highest BCUT2D eigenvalue weighted by molar-refractivity contribution is 5.48. The van der Waals surface area contributed by atoms with E-state index in [0.29, 0.717) is 0 Å². The van der Waals surface area contributed by atoms with Crippen LogP contribution >= 0.6 is 0 Å². The smallest absolute Gasteiger partial charge is 0.0343 e. The highest BCUT2D eigenvalue weighted by Gasteiger charge is 2.19. The molecule has 2 heteroatoms. The third-order valence-electron chi connectivity index (χ3n) is 2.97. The summed E-state index contributed by atoms with van der Waals surface area (Å²) in [5, 5.41) is 6.92. The van der Waals surface area contributed by atoms with Gasteiger partial charge in [-0.05, 0) is 49.9 Å². The van der Waals surface area contributed by atoms with Crippen LogP contribution in [-0.2, 0) is 0 Å². The Morgan fingerprint density at radius 1 is 1.13 bits per heavy atom. The molecule has 82 valence electrons. The van der Waals surface area contributed by atoms with Crippen LogP contribution in [0.5, 0.6) is 0 Å². The van der Waals surface area contributed by atoms with Gasteiger partial charge >= 0.3 is 0 Å². The molecule has 15 heavy (non-hydrogen) atoms. The largest absolute Gasteiger partial charge is 0.384 e. The Labute approximate surface area is 92.1 Å². The van der Waals surface area contributed by atoms with Crippen LogP contribution in [0.3, 0.4) is 0 Å². The third-order valence-corrected chi connectivity index (χ3v) is 2.97. The van der Waals surface area contributed by atoms with Gasteiger partial charge in [0.1, 0.15) is 0 Å². The number of rotatable bonds is 5. The molecule has 2 nitrogen and oxygen atoms in total. The fourth-order valence-electron chi connectivity index (χ4n) is 1.62. The summed E-state index contributed by atoms with van der Waals surface area (Å²) in [6.45, 7) is 6.38. The van der Waals surface area contributed by atoms with Gasteiger partial charge in [-0.3, -0.25) is 0 Å². The van der Waals surface area contributed by atoms with Crippen molar-refractivity contribution in [2.24, 2.45) is 0 Å². The number of hydrogen-bond donors (Lipinski definition) is 2. The van der Waals surface area contributed by atoms with Crippen LogP contribution in [0.1, 0.15) is 24.0 Å². The lowest BCUT2D eigenvalue weighted by atomic mass is 10.1. The van der Waals surface area contributed by atoms with Gasteiger partial charge in [-0.15, -0.1) is 0 Å². The molecule has 1 aromatic carbocycles. The van der Waals surface area contributed by atoms with E-state index in [4.69, 9.17) is 0 Å². The molecule has 0 radical (unpaired) electrons. The second kappa shape index (κ2) is 4.67. The summed E-state index contributed by atoms with van der Waals surface area (Å²) in [7, 11) is 0. The van der Waals surface area contributed by atoms with Crippen LogP contribution < -0.4 is 10.6 Å². The van der Waals surface area contributed by atoms with Crippen molar-refractivity contribution in [1.82, 2.24) is 5.32 Å². The number of nitrogens with one attached hydrogen (secondary N) is 2. The second-order valence-corrected chi connectivity index (χ2v) is 4.45. The number of hydrogen-bond acceptors (Lipinski definition) is 2. The van der Waals surface area contributed by atoms with Gasteiger partial charge in [-0.1, -0.05) is 6.07 Å². The van der Waals surface area contributed by atoms with Crippen LogP contribution in [0, 0.1) is 13.8 Å². The van der Waals surface area contributed by atoms with Crippen LogP contribution in [0.2, 0.25) is 0 Å². The summed E-state index contributed by atoms with van der Waals surface area (Å²) in [5.41, 5.74) is 3.95. The minimum absolute atomic E-state index is 0.812. The average Bonchev–Trinajstić information content (AvgIpc) is 3.02. The molecule has 1 saturated carbocycles. The molecule has 0 heterocycles. The zero-order valence-corrected chi connectivity index (χ0v) is 9.64. The highest BCUT2D eigenvalue weighted by Crippen LogP contribution is 2.18. The maximum Gasteiger partial charge on any atom is 0.0343 e. The Morgan fingerprint density at radius 2 is 1.93 bits per heavy atom. The van der Waals surface area contributed by atoms with E-state index in [9.17, 15) is 0 Å². The minimum Gasteiger partial charge on any atom is -0.384 e. The lowest BCUT2D eigenvalue weighted by Gasteiger charge is -2.09. The number of aryl methyl sites for hydroxylation is 2. The molecule has 2 rings (SSSR count). The van der Waals surface area contributed by atoms with E-state index in [1.807, 2.05) is 0 Å². The molecule has 1 fully saturated rings. The zero-order chi connectivity index (χ0) is 10.7. The Balaban J connectivity index is 1.74.